The van der Waals surface area contributed by atoms with E-state index in [1.54, 1.807) is 0 Å². The minimum absolute atomic E-state index is 0.0116. The van der Waals surface area contributed by atoms with Crippen molar-refractivity contribution in [2.24, 2.45) is 0 Å². The average molecular weight is 446 g/mol. The second-order valence-electron chi connectivity index (χ2n) is 7.56. The van der Waals surface area contributed by atoms with Gasteiger partial charge in [-0.1, -0.05) is 66.7 Å². The van der Waals surface area contributed by atoms with Crippen molar-refractivity contribution < 1.29 is 22.3 Å². The Kier molecular flexibility index (Phi) is 7.97. The van der Waals surface area contributed by atoms with Crippen LogP contribution >= 0.6 is 7.37 Å². The highest BCUT2D eigenvalue weighted by molar-refractivity contribution is 7.59. The second kappa shape index (κ2) is 10.7. The fourth-order valence-corrected chi connectivity index (χ4v) is 5.65. The minimum atomic E-state index is -4.47. The SMILES string of the molecule is O=P(CCCc1ccccc1)(CCCc1ccccc1)Oc1cccc(C(F)(F)F)c1. The van der Waals surface area contributed by atoms with E-state index in [4.69, 9.17) is 4.52 Å². The number of hydrogen-bond acceptors (Lipinski definition) is 2. The summed E-state index contributed by atoms with van der Waals surface area (Å²) in [5, 5.41) is 0. The molecular formula is C25H26F3O2P. The van der Waals surface area contributed by atoms with Gasteiger partial charge in [0.05, 0.1) is 5.56 Å². The Morgan fingerprint density at radius 3 is 1.71 bits per heavy atom. The van der Waals surface area contributed by atoms with Crippen LogP contribution in [-0.2, 0) is 23.6 Å². The number of alkyl halides is 3. The van der Waals surface area contributed by atoms with Gasteiger partial charge in [0.15, 0.2) is 0 Å². The third kappa shape index (κ3) is 7.59. The van der Waals surface area contributed by atoms with Crippen molar-refractivity contribution in [1.82, 2.24) is 0 Å². The molecule has 0 bridgehead atoms. The summed E-state index contributed by atoms with van der Waals surface area (Å²) >= 11 is 0. The Hall–Kier alpha value is -2.52. The van der Waals surface area contributed by atoms with E-state index in [0.29, 0.717) is 25.2 Å². The van der Waals surface area contributed by atoms with E-state index in [1.807, 2.05) is 60.7 Å². The lowest BCUT2D eigenvalue weighted by Gasteiger charge is -2.21. The van der Waals surface area contributed by atoms with Crippen LogP contribution in [0.2, 0.25) is 0 Å². The number of halogens is 3. The van der Waals surface area contributed by atoms with Gasteiger partial charge in [0.1, 0.15) is 5.75 Å². The molecule has 31 heavy (non-hydrogen) atoms. The normalized spacial score (nSPS) is 12.0. The first-order valence-electron chi connectivity index (χ1n) is 10.4. The highest BCUT2D eigenvalue weighted by Gasteiger charge is 2.31. The summed E-state index contributed by atoms with van der Waals surface area (Å²) in [6.45, 7) is 0. The summed E-state index contributed by atoms with van der Waals surface area (Å²) in [5.41, 5.74) is 1.47. The summed E-state index contributed by atoms with van der Waals surface area (Å²) in [4.78, 5) is 0. The molecule has 0 unspecified atom stereocenters. The van der Waals surface area contributed by atoms with Crippen molar-refractivity contribution in [1.29, 1.82) is 0 Å². The van der Waals surface area contributed by atoms with Gasteiger partial charge < -0.3 is 4.52 Å². The Morgan fingerprint density at radius 1 is 0.710 bits per heavy atom. The average Bonchev–Trinajstić information content (AvgIpc) is 2.75. The molecule has 0 saturated heterocycles. The van der Waals surface area contributed by atoms with Crippen LogP contribution in [0.1, 0.15) is 29.5 Å². The summed E-state index contributed by atoms with van der Waals surface area (Å²) in [6, 6.07) is 24.4. The molecule has 0 aliphatic carbocycles. The van der Waals surface area contributed by atoms with Crippen molar-refractivity contribution in [2.45, 2.75) is 31.9 Å². The molecule has 0 radical (unpaired) electrons. The predicted octanol–water partition coefficient (Wildman–Crippen LogP) is 7.63. The third-order valence-electron chi connectivity index (χ3n) is 5.05. The molecule has 0 spiro atoms. The van der Waals surface area contributed by atoms with Crippen molar-refractivity contribution in [3.05, 3.63) is 102 Å². The van der Waals surface area contributed by atoms with Gasteiger partial charge in [-0.25, -0.2) is 0 Å². The molecule has 0 heterocycles. The van der Waals surface area contributed by atoms with E-state index < -0.39 is 19.1 Å². The molecule has 3 aromatic rings. The van der Waals surface area contributed by atoms with Crippen LogP contribution in [0, 0.1) is 0 Å². The lowest BCUT2D eigenvalue weighted by atomic mass is 10.1. The van der Waals surface area contributed by atoms with Crippen molar-refractivity contribution >= 4 is 7.37 Å². The van der Waals surface area contributed by atoms with Gasteiger partial charge in [-0.3, -0.25) is 4.57 Å². The molecule has 0 aliphatic rings. The fraction of sp³-hybridized carbons (Fsp3) is 0.280. The molecular weight excluding hydrogens is 420 g/mol. The standard InChI is InChI=1S/C25H26F3O2P/c26-25(27,28)23-16-7-17-24(20-23)30-31(29,18-8-14-21-10-3-1-4-11-21)19-9-15-22-12-5-2-6-13-22/h1-7,10-13,16-17,20H,8-9,14-15,18-19H2. The van der Waals surface area contributed by atoms with Crippen LogP contribution in [0.5, 0.6) is 5.75 Å². The zero-order chi connectivity index (χ0) is 22.2. The van der Waals surface area contributed by atoms with Crippen LogP contribution < -0.4 is 4.52 Å². The second-order valence-corrected chi connectivity index (χ2v) is 10.3. The van der Waals surface area contributed by atoms with E-state index >= 15 is 0 Å². The minimum Gasteiger partial charge on any atom is -0.443 e. The van der Waals surface area contributed by atoms with Gasteiger partial charge in [-0.2, -0.15) is 13.2 Å². The molecule has 0 saturated carbocycles. The van der Waals surface area contributed by atoms with Crippen LogP contribution in [0.25, 0.3) is 0 Å². The van der Waals surface area contributed by atoms with Crippen LogP contribution in [-0.4, -0.2) is 12.3 Å². The van der Waals surface area contributed by atoms with Gasteiger partial charge in [-0.15, -0.1) is 0 Å². The molecule has 3 rings (SSSR count). The van der Waals surface area contributed by atoms with Crippen molar-refractivity contribution in [2.75, 3.05) is 12.3 Å². The zero-order valence-electron chi connectivity index (χ0n) is 17.2. The highest BCUT2D eigenvalue weighted by Crippen LogP contribution is 2.49. The molecule has 0 fully saturated rings. The Labute approximate surface area is 181 Å². The van der Waals surface area contributed by atoms with Gasteiger partial charge in [-0.05, 0) is 55.0 Å². The molecule has 0 aromatic heterocycles. The van der Waals surface area contributed by atoms with Gasteiger partial charge in [0.2, 0.25) is 7.37 Å². The molecule has 164 valence electrons. The van der Waals surface area contributed by atoms with Crippen molar-refractivity contribution in [3.63, 3.8) is 0 Å². The largest absolute Gasteiger partial charge is 0.443 e. The molecule has 0 N–H and O–H groups in total. The highest BCUT2D eigenvalue weighted by atomic mass is 31.2. The molecule has 0 aliphatic heterocycles. The maximum absolute atomic E-state index is 13.6. The molecule has 2 nitrogen and oxygen atoms in total. The van der Waals surface area contributed by atoms with Crippen LogP contribution in [0.4, 0.5) is 13.2 Å². The van der Waals surface area contributed by atoms with Gasteiger partial charge in [0.25, 0.3) is 0 Å². The van der Waals surface area contributed by atoms with Crippen LogP contribution in [0.3, 0.4) is 0 Å². The fourth-order valence-electron chi connectivity index (χ4n) is 3.46. The van der Waals surface area contributed by atoms with Gasteiger partial charge >= 0.3 is 6.18 Å². The number of aryl methyl sites for hydroxylation is 2. The van der Waals surface area contributed by atoms with Gasteiger partial charge in [0, 0.05) is 12.3 Å². The first-order valence-corrected chi connectivity index (χ1v) is 12.4. The maximum Gasteiger partial charge on any atom is 0.416 e. The lowest BCUT2D eigenvalue weighted by molar-refractivity contribution is -0.137. The predicted molar refractivity (Wildman–Crippen MR) is 119 cm³/mol. The summed E-state index contributed by atoms with van der Waals surface area (Å²) in [6.07, 6.45) is -1.04. The van der Waals surface area contributed by atoms with E-state index in [1.165, 1.54) is 12.1 Å². The molecule has 0 amide bonds. The Bertz CT molecular complexity index is 939. The van der Waals surface area contributed by atoms with Crippen molar-refractivity contribution in [3.8, 4) is 5.75 Å². The van der Waals surface area contributed by atoms with E-state index in [9.17, 15) is 17.7 Å². The quantitative estimate of drug-likeness (QED) is 0.299. The summed E-state index contributed by atoms with van der Waals surface area (Å²) in [7, 11) is -3.15. The van der Waals surface area contributed by atoms with E-state index in [0.717, 1.165) is 36.1 Å². The molecule has 0 atom stereocenters. The molecule has 6 heteroatoms. The van der Waals surface area contributed by atoms with E-state index in [2.05, 4.69) is 0 Å². The van der Waals surface area contributed by atoms with Crippen LogP contribution in [0.15, 0.2) is 84.9 Å². The first-order chi connectivity index (χ1) is 14.8. The number of benzene rings is 3. The maximum atomic E-state index is 13.6. The summed E-state index contributed by atoms with van der Waals surface area (Å²) in [5.74, 6) is 0.0116. The lowest BCUT2D eigenvalue weighted by Crippen LogP contribution is -2.07. The molecule has 3 aromatic carbocycles. The first kappa shape index (κ1) is 23.1. The number of rotatable bonds is 10. The third-order valence-corrected chi connectivity index (χ3v) is 7.59. The monoisotopic (exact) mass is 446 g/mol. The zero-order valence-corrected chi connectivity index (χ0v) is 18.1. The van der Waals surface area contributed by atoms with E-state index in [-0.39, 0.29) is 5.75 Å². The Morgan fingerprint density at radius 2 is 1.23 bits per heavy atom. The topological polar surface area (TPSA) is 26.3 Å². The Balaban J connectivity index is 1.68. The summed E-state index contributed by atoms with van der Waals surface area (Å²) < 4.78 is 58.6. The smallest absolute Gasteiger partial charge is 0.416 e. The number of hydrogen-bond donors (Lipinski definition) is 0.